The van der Waals surface area contributed by atoms with Gasteiger partial charge in [0.1, 0.15) is 0 Å². The lowest BCUT2D eigenvalue weighted by molar-refractivity contribution is -0.856. The Morgan fingerprint density at radius 3 is 2.23 bits per heavy atom. The number of nitrogens with one attached hydrogen (secondary N) is 2. The first kappa shape index (κ1) is 18.2. The van der Waals surface area contributed by atoms with Crippen LogP contribution in [-0.4, -0.2) is 40.6 Å². The van der Waals surface area contributed by atoms with Crippen LogP contribution in [0.15, 0.2) is 75.0 Å². The van der Waals surface area contributed by atoms with E-state index in [9.17, 15) is 8.42 Å². The Hall–Kier alpha value is -2.64. The van der Waals surface area contributed by atoms with Crippen LogP contribution in [0.25, 0.3) is 11.5 Å². The molecule has 136 valence electrons. The fraction of sp³-hybridized carbons (Fsp3) is 0.211. The van der Waals surface area contributed by atoms with E-state index < -0.39 is 9.84 Å². The van der Waals surface area contributed by atoms with Crippen molar-refractivity contribution in [1.82, 2.24) is 4.98 Å². The molecule has 0 aliphatic heterocycles. The normalized spacial score (nSPS) is 11.7. The van der Waals surface area contributed by atoms with Crippen molar-refractivity contribution in [3.63, 3.8) is 0 Å². The molecule has 0 saturated carbocycles. The van der Waals surface area contributed by atoms with Gasteiger partial charge in [0.15, 0.2) is 0 Å². The standard InChI is InChI=1S/C19H21N3O3S/c1-22(2)14-13-20-18-19(26(23,24)16-11-7-4-8-12-16)21-17(25-18)15-9-5-3-6-10-15/h3-12,20H,13-14H2,1-2H3/p+1. The van der Waals surface area contributed by atoms with Gasteiger partial charge in [0.2, 0.25) is 26.6 Å². The zero-order valence-electron chi connectivity index (χ0n) is 14.8. The van der Waals surface area contributed by atoms with Gasteiger partial charge in [0.05, 0.1) is 32.1 Å². The number of likely N-dealkylation sites (N-methyl/N-ethyl adjacent to an activating group) is 1. The Morgan fingerprint density at radius 2 is 1.62 bits per heavy atom. The molecule has 0 spiro atoms. The van der Waals surface area contributed by atoms with Crippen LogP contribution in [-0.2, 0) is 9.84 Å². The van der Waals surface area contributed by atoms with E-state index in [-0.39, 0.29) is 21.7 Å². The topological polar surface area (TPSA) is 76.6 Å². The van der Waals surface area contributed by atoms with Crippen molar-refractivity contribution in [2.45, 2.75) is 9.92 Å². The quantitative estimate of drug-likeness (QED) is 0.661. The fourth-order valence-corrected chi connectivity index (χ4v) is 3.74. The van der Waals surface area contributed by atoms with Gasteiger partial charge in [-0.3, -0.25) is 0 Å². The highest BCUT2D eigenvalue weighted by molar-refractivity contribution is 7.91. The van der Waals surface area contributed by atoms with E-state index in [1.54, 1.807) is 30.3 Å². The Morgan fingerprint density at radius 1 is 1.00 bits per heavy atom. The minimum Gasteiger partial charge on any atom is -0.419 e. The summed E-state index contributed by atoms with van der Waals surface area (Å²) in [6, 6.07) is 17.5. The van der Waals surface area contributed by atoms with Crippen molar-refractivity contribution in [2.75, 3.05) is 32.5 Å². The third-order valence-corrected chi connectivity index (χ3v) is 5.51. The first-order chi connectivity index (χ1) is 12.5. The van der Waals surface area contributed by atoms with Gasteiger partial charge in [0, 0.05) is 5.56 Å². The molecule has 0 bridgehead atoms. The van der Waals surface area contributed by atoms with Crippen molar-refractivity contribution in [1.29, 1.82) is 0 Å². The van der Waals surface area contributed by atoms with Gasteiger partial charge in [-0.2, -0.15) is 4.98 Å². The van der Waals surface area contributed by atoms with Crippen molar-refractivity contribution in [3.8, 4) is 11.5 Å². The minimum absolute atomic E-state index is 0.0868. The summed E-state index contributed by atoms with van der Waals surface area (Å²) in [6.45, 7) is 1.38. The van der Waals surface area contributed by atoms with Crippen LogP contribution >= 0.6 is 0 Å². The summed E-state index contributed by atoms with van der Waals surface area (Å²) >= 11 is 0. The molecule has 3 rings (SSSR count). The molecule has 0 fully saturated rings. The summed E-state index contributed by atoms with van der Waals surface area (Å²) in [5, 5.41) is 2.99. The Balaban J connectivity index is 2.03. The Labute approximate surface area is 153 Å². The highest BCUT2D eigenvalue weighted by Crippen LogP contribution is 2.32. The SMILES string of the molecule is C[NH+](C)CCNc1oc(-c2ccccc2)nc1S(=O)(=O)c1ccccc1. The summed E-state index contributed by atoms with van der Waals surface area (Å²) in [4.78, 5) is 5.73. The van der Waals surface area contributed by atoms with Gasteiger partial charge in [-0.05, 0) is 24.3 Å². The van der Waals surface area contributed by atoms with Gasteiger partial charge in [-0.15, -0.1) is 0 Å². The molecule has 0 unspecified atom stereocenters. The number of nitrogens with zero attached hydrogens (tertiary/aromatic N) is 1. The van der Waals surface area contributed by atoms with E-state index in [4.69, 9.17) is 4.42 Å². The van der Waals surface area contributed by atoms with E-state index in [0.29, 0.717) is 6.54 Å². The molecule has 1 heterocycles. The molecule has 0 radical (unpaired) electrons. The number of anilines is 1. The van der Waals surface area contributed by atoms with Crippen molar-refractivity contribution >= 4 is 15.7 Å². The van der Waals surface area contributed by atoms with Gasteiger partial charge in [-0.1, -0.05) is 36.4 Å². The predicted molar refractivity (Wildman–Crippen MR) is 100 cm³/mol. The molecular weight excluding hydrogens is 350 g/mol. The van der Waals surface area contributed by atoms with Crippen LogP contribution in [0.2, 0.25) is 0 Å². The number of benzene rings is 2. The van der Waals surface area contributed by atoms with Crippen molar-refractivity contribution in [2.24, 2.45) is 0 Å². The van der Waals surface area contributed by atoms with Crippen LogP contribution in [0.4, 0.5) is 5.88 Å². The molecule has 2 aromatic carbocycles. The lowest BCUT2D eigenvalue weighted by Gasteiger charge is -2.08. The highest BCUT2D eigenvalue weighted by Gasteiger charge is 2.28. The summed E-state index contributed by atoms with van der Waals surface area (Å²) < 4.78 is 31.8. The van der Waals surface area contributed by atoms with E-state index >= 15 is 0 Å². The van der Waals surface area contributed by atoms with Gasteiger partial charge in [-0.25, -0.2) is 8.42 Å². The summed E-state index contributed by atoms with van der Waals surface area (Å²) in [7, 11) is 0.272. The number of hydrogen-bond donors (Lipinski definition) is 2. The third-order valence-electron chi connectivity index (χ3n) is 3.84. The maximum atomic E-state index is 13.0. The largest absolute Gasteiger partial charge is 0.419 e. The lowest BCUT2D eigenvalue weighted by Crippen LogP contribution is -3.06. The molecule has 0 saturated heterocycles. The second kappa shape index (κ2) is 7.72. The molecule has 0 amide bonds. The van der Waals surface area contributed by atoms with Crippen LogP contribution in [0, 0.1) is 0 Å². The third kappa shape index (κ3) is 3.95. The number of oxazole rings is 1. The van der Waals surface area contributed by atoms with Crippen LogP contribution in [0.1, 0.15) is 0 Å². The highest BCUT2D eigenvalue weighted by atomic mass is 32.2. The Bertz CT molecular complexity index is 952. The summed E-state index contributed by atoms with van der Waals surface area (Å²) in [5.74, 6) is 0.453. The molecule has 0 atom stereocenters. The molecule has 0 aliphatic carbocycles. The average molecular weight is 372 g/mol. The number of quaternary nitrogens is 1. The Kier molecular flexibility index (Phi) is 5.39. The maximum Gasteiger partial charge on any atom is 0.234 e. The zero-order valence-corrected chi connectivity index (χ0v) is 15.6. The summed E-state index contributed by atoms with van der Waals surface area (Å²) in [6.07, 6.45) is 0. The molecule has 7 heteroatoms. The van der Waals surface area contributed by atoms with E-state index in [1.807, 2.05) is 44.4 Å². The van der Waals surface area contributed by atoms with Gasteiger partial charge in [0.25, 0.3) is 0 Å². The van der Waals surface area contributed by atoms with Crippen LogP contribution in [0.5, 0.6) is 0 Å². The second-order valence-electron chi connectivity index (χ2n) is 6.22. The monoisotopic (exact) mass is 372 g/mol. The van der Waals surface area contributed by atoms with E-state index in [2.05, 4.69) is 10.3 Å². The van der Waals surface area contributed by atoms with Gasteiger partial charge >= 0.3 is 0 Å². The van der Waals surface area contributed by atoms with Crippen LogP contribution in [0.3, 0.4) is 0 Å². The molecule has 6 nitrogen and oxygen atoms in total. The molecule has 26 heavy (non-hydrogen) atoms. The lowest BCUT2D eigenvalue weighted by atomic mass is 10.2. The zero-order chi connectivity index (χ0) is 18.6. The second-order valence-corrected chi connectivity index (χ2v) is 8.08. The number of rotatable bonds is 7. The first-order valence-corrected chi connectivity index (χ1v) is 9.86. The molecular formula is C19H22N3O3S+. The predicted octanol–water partition coefficient (Wildman–Crippen LogP) is 1.73. The number of hydrogen-bond acceptors (Lipinski definition) is 5. The maximum absolute atomic E-state index is 13.0. The minimum atomic E-state index is -3.78. The molecule has 3 aromatic rings. The summed E-state index contributed by atoms with van der Waals surface area (Å²) in [5.41, 5.74) is 0.725. The van der Waals surface area contributed by atoms with E-state index in [1.165, 1.54) is 4.90 Å². The first-order valence-electron chi connectivity index (χ1n) is 8.38. The number of aromatic nitrogens is 1. The van der Waals surface area contributed by atoms with E-state index in [0.717, 1.165) is 12.1 Å². The van der Waals surface area contributed by atoms with Crippen molar-refractivity contribution < 1.29 is 17.7 Å². The molecule has 2 N–H and O–H groups in total. The van der Waals surface area contributed by atoms with Crippen LogP contribution < -0.4 is 10.2 Å². The average Bonchev–Trinajstić information content (AvgIpc) is 3.08. The number of sulfone groups is 1. The van der Waals surface area contributed by atoms with Gasteiger partial charge < -0.3 is 14.6 Å². The molecule has 1 aromatic heterocycles. The molecule has 0 aliphatic rings. The van der Waals surface area contributed by atoms with Crippen molar-refractivity contribution in [3.05, 3.63) is 60.7 Å². The fourth-order valence-electron chi connectivity index (χ4n) is 2.44. The smallest absolute Gasteiger partial charge is 0.234 e.